The molecule has 0 unspecified atom stereocenters. The van der Waals surface area contributed by atoms with Crippen LogP contribution >= 0.6 is 11.8 Å². The lowest BCUT2D eigenvalue weighted by Gasteiger charge is -2.25. The van der Waals surface area contributed by atoms with Crippen LogP contribution < -0.4 is 14.4 Å². The summed E-state index contributed by atoms with van der Waals surface area (Å²) in [5, 5.41) is 2.96. The fraction of sp³-hybridized carbons (Fsp3) is 0.296. The van der Waals surface area contributed by atoms with Gasteiger partial charge in [-0.05, 0) is 93.6 Å². The number of nitrogens with one attached hydrogen (secondary N) is 1. The monoisotopic (exact) mass is 512 g/mol. The van der Waals surface area contributed by atoms with E-state index >= 15 is 0 Å². The van der Waals surface area contributed by atoms with Gasteiger partial charge >= 0.3 is 0 Å². The van der Waals surface area contributed by atoms with Crippen LogP contribution in [-0.4, -0.2) is 33.7 Å². The number of anilines is 1. The molecule has 8 heteroatoms. The van der Waals surface area contributed by atoms with E-state index in [4.69, 9.17) is 4.74 Å². The summed E-state index contributed by atoms with van der Waals surface area (Å²) < 4.78 is 33.9. The van der Waals surface area contributed by atoms with Crippen LogP contribution in [0, 0.1) is 13.8 Å². The smallest absolute Gasteiger partial charge is 0.264 e. The first kappa shape index (κ1) is 26.6. The Bertz CT molecular complexity index is 1260. The first-order valence-corrected chi connectivity index (χ1v) is 14.1. The highest BCUT2D eigenvalue weighted by molar-refractivity contribution is 7.98. The zero-order valence-corrected chi connectivity index (χ0v) is 22.4. The molecule has 1 amide bonds. The Morgan fingerprint density at radius 3 is 2.26 bits per heavy atom. The molecule has 0 fully saturated rings. The summed E-state index contributed by atoms with van der Waals surface area (Å²) in [5.74, 6) is 0.238. The molecule has 0 aromatic heterocycles. The molecule has 3 rings (SSSR count). The molecule has 6 nitrogen and oxygen atoms in total. The summed E-state index contributed by atoms with van der Waals surface area (Å²) in [6.07, 6.45) is 1.93. The summed E-state index contributed by atoms with van der Waals surface area (Å²) in [6, 6.07) is 19.2. The van der Waals surface area contributed by atoms with Gasteiger partial charge in [-0.25, -0.2) is 8.42 Å². The van der Waals surface area contributed by atoms with Crippen molar-refractivity contribution in [3.63, 3.8) is 0 Å². The minimum Gasteiger partial charge on any atom is -0.494 e. The molecule has 0 saturated carbocycles. The van der Waals surface area contributed by atoms with E-state index < -0.39 is 15.9 Å². The molecule has 0 heterocycles. The van der Waals surface area contributed by atoms with Crippen molar-refractivity contribution >= 4 is 33.4 Å². The Balaban J connectivity index is 1.90. The number of sulfonamides is 1. The number of carbonyl (C=O) groups excluding carboxylic acids is 1. The van der Waals surface area contributed by atoms with E-state index in [2.05, 4.69) is 11.4 Å². The molecule has 186 valence electrons. The summed E-state index contributed by atoms with van der Waals surface area (Å²) in [4.78, 5) is 14.2. The van der Waals surface area contributed by atoms with Gasteiger partial charge in [0.2, 0.25) is 5.91 Å². The van der Waals surface area contributed by atoms with Crippen molar-refractivity contribution in [3.8, 4) is 5.75 Å². The lowest BCUT2D eigenvalue weighted by Crippen LogP contribution is -2.41. The minimum atomic E-state index is -3.99. The zero-order valence-electron chi connectivity index (χ0n) is 20.7. The van der Waals surface area contributed by atoms with Crippen molar-refractivity contribution < 1.29 is 17.9 Å². The number of amides is 1. The summed E-state index contributed by atoms with van der Waals surface area (Å²) >= 11 is 1.53. The first-order chi connectivity index (χ1) is 16.6. The second kappa shape index (κ2) is 11.6. The van der Waals surface area contributed by atoms with Crippen molar-refractivity contribution in [3.05, 3.63) is 83.4 Å². The van der Waals surface area contributed by atoms with E-state index in [9.17, 15) is 13.2 Å². The highest BCUT2D eigenvalue weighted by Crippen LogP contribution is 2.27. The number of thioether (sulfide) groups is 1. The van der Waals surface area contributed by atoms with Gasteiger partial charge in [0.1, 0.15) is 12.3 Å². The number of carbonyl (C=O) groups is 1. The second-order valence-corrected chi connectivity index (χ2v) is 11.0. The molecule has 1 N–H and O–H groups in total. The zero-order chi connectivity index (χ0) is 25.6. The summed E-state index contributed by atoms with van der Waals surface area (Å²) in [6.45, 7) is 7.94. The van der Waals surface area contributed by atoms with Gasteiger partial charge in [-0.1, -0.05) is 23.8 Å². The van der Waals surface area contributed by atoms with Crippen LogP contribution in [0.1, 0.15) is 36.6 Å². The molecule has 3 aromatic carbocycles. The summed E-state index contributed by atoms with van der Waals surface area (Å²) in [5.41, 5.74) is 3.59. The van der Waals surface area contributed by atoms with Crippen LogP contribution in [0.5, 0.6) is 5.75 Å². The Morgan fingerprint density at radius 1 is 1.03 bits per heavy atom. The maximum atomic E-state index is 13.6. The number of aryl methyl sites for hydroxylation is 2. The Kier molecular flexibility index (Phi) is 8.86. The average molecular weight is 513 g/mol. The van der Waals surface area contributed by atoms with Gasteiger partial charge in [-0.2, -0.15) is 0 Å². The number of benzene rings is 3. The molecule has 0 spiro atoms. The summed E-state index contributed by atoms with van der Waals surface area (Å²) in [7, 11) is -3.99. The Morgan fingerprint density at radius 2 is 1.69 bits per heavy atom. The SMILES string of the molecule is CCOc1ccc(N(CC(=O)N[C@@H](C)c2ccc(C)cc2C)S(=O)(=O)c2ccc(SC)cc2)cc1. The van der Waals surface area contributed by atoms with Crippen LogP contribution in [-0.2, 0) is 14.8 Å². The quantitative estimate of drug-likeness (QED) is 0.363. The highest BCUT2D eigenvalue weighted by atomic mass is 32.2. The lowest BCUT2D eigenvalue weighted by molar-refractivity contribution is -0.120. The Labute approximate surface area is 212 Å². The predicted molar refractivity (Wildman–Crippen MR) is 143 cm³/mol. The molecule has 3 aromatic rings. The van der Waals surface area contributed by atoms with Gasteiger partial charge in [-0.15, -0.1) is 11.8 Å². The molecule has 1 atom stereocenters. The molecule has 0 radical (unpaired) electrons. The normalized spacial score (nSPS) is 12.1. The number of rotatable bonds is 10. The largest absolute Gasteiger partial charge is 0.494 e. The number of hydrogen-bond acceptors (Lipinski definition) is 5. The van der Waals surface area contributed by atoms with Crippen LogP contribution in [0.15, 0.2) is 76.5 Å². The standard InChI is InChI=1S/C27H32N2O4S2/c1-6-33-23-10-8-22(9-11-23)29(35(31,32)25-14-12-24(34-5)13-15-25)18-27(30)28-21(4)26-16-7-19(2)17-20(26)3/h7-17,21H,6,18H2,1-5H3,(H,28,30)/t21-/m0/s1. The highest BCUT2D eigenvalue weighted by Gasteiger charge is 2.28. The minimum absolute atomic E-state index is 0.124. The van der Waals surface area contributed by atoms with Gasteiger partial charge in [-0.3, -0.25) is 9.10 Å². The average Bonchev–Trinajstić information content (AvgIpc) is 2.83. The van der Waals surface area contributed by atoms with Gasteiger partial charge in [0.05, 0.1) is 23.2 Å². The van der Waals surface area contributed by atoms with E-state index in [1.165, 1.54) is 11.8 Å². The van der Waals surface area contributed by atoms with Gasteiger partial charge < -0.3 is 10.1 Å². The van der Waals surface area contributed by atoms with Crippen molar-refractivity contribution in [2.24, 2.45) is 0 Å². The predicted octanol–water partition coefficient (Wildman–Crippen LogP) is 5.50. The van der Waals surface area contributed by atoms with Gasteiger partial charge in [0, 0.05) is 4.90 Å². The first-order valence-electron chi connectivity index (χ1n) is 11.4. The van der Waals surface area contributed by atoms with Crippen molar-refractivity contribution in [2.75, 3.05) is 23.7 Å². The molecule has 0 saturated heterocycles. The van der Waals surface area contributed by atoms with E-state index in [0.717, 1.165) is 25.9 Å². The lowest BCUT2D eigenvalue weighted by atomic mass is 10.0. The van der Waals surface area contributed by atoms with E-state index in [1.807, 2.05) is 46.1 Å². The van der Waals surface area contributed by atoms with Gasteiger partial charge in [0.15, 0.2) is 0 Å². The fourth-order valence-corrected chi connectivity index (χ4v) is 5.70. The van der Waals surface area contributed by atoms with E-state index in [-0.39, 0.29) is 17.5 Å². The molecule has 35 heavy (non-hydrogen) atoms. The van der Waals surface area contributed by atoms with Crippen molar-refractivity contribution in [2.45, 2.75) is 43.5 Å². The number of ether oxygens (including phenoxy) is 1. The number of nitrogens with zero attached hydrogens (tertiary/aromatic N) is 1. The topological polar surface area (TPSA) is 75.7 Å². The second-order valence-electron chi connectivity index (χ2n) is 8.26. The third kappa shape index (κ3) is 6.58. The molecule has 0 bridgehead atoms. The van der Waals surface area contributed by atoms with Crippen LogP contribution in [0.3, 0.4) is 0 Å². The maximum absolute atomic E-state index is 13.6. The molecule has 0 aliphatic heterocycles. The third-order valence-corrected chi connectivity index (χ3v) is 8.17. The number of hydrogen-bond donors (Lipinski definition) is 1. The van der Waals surface area contributed by atoms with E-state index in [0.29, 0.717) is 18.0 Å². The van der Waals surface area contributed by atoms with Crippen LogP contribution in [0.2, 0.25) is 0 Å². The van der Waals surface area contributed by atoms with Crippen molar-refractivity contribution in [1.82, 2.24) is 5.32 Å². The maximum Gasteiger partial charge on any atom is 0.264 e. The third-order valence-electron chi connectivity index (χ3n) is 5.64. The molecule has 0 aliphatic rings. The van der Waals surface area contributed by atoms with Crippen LogP contribution in [0.4, 0.5) is 5.69 Å². The molecular formula is C27H32N2O4S2. The fourth-order valence-electron chi connectivity index (χ4n) is 3.87. The van der Waals surface area contributed by atoms with Crippen LogP contribution in [0.25, 0.3) is 0 Å². The van der Waals surface area contributed by atoms with E-state index in [1.54, 1.807) is 48.5 Å². The van der Waals surface area contributed by atoms with Gasteiger partial charge in [0.25, 0.3) is 10.0 Å². The Hall–Kier alpha value is -2.97. The van der Waals surface area contributed by atoms with Crippen molar-refractivity contribution in [1.29, 1.82) is 0 Å². The molecular weight excluding hydrogens is 480 g/mol. The molecule has 0 aliphatic carbocycles.